The van der Waals surface area contributed by atoms with Crippen molar-refractivity contribution in [2.45, 2.75) is 5.60 Å². The summed E-state index contributed by atoms with van der Waals surface area (Å²) in [7, 11) is 3.08. The lowest BCUT2D eigenvalue weighted by molar-refractivity contribution is -0.140. The summed E-state index contributed by atoms with van der Waals surface area (Å²) in [6.07, 6.45) is 0. The number of hydrogen-bond acceptors (Lipinski definition) is 7. The van der Waals surface area contributed by atoms with Gasteiger partial charge in [0.25, 0.3) is 11.5 Å². The van der Waals surface area contributed by atoms with Gasteiger partial charge >= 0.3 is 0 Å². The van der Waals surface area contributed by atoms with Crippen molar-refractivity contribution in [1.29, 1.82) is 0 Å². The van der Waals surface area contributed by atoms with Crippen LogP contribution in [0.3, 0.4) is 0 Å². The normalized spacial score (nSPS) is 21.3. The van der Waals surface area contributed by atoms with E-state index in [2.05, 4.69) is 10.5 Å². The molecule has 1 spiro atoms. The van der Waals surface area contributed by atoms with E-state index in [9.17, 15) is 9.59 Å². The Morgan fingerprint density at radius 2 is 1.97 bits per heavy atom. The number of benzene rings is 2. The molecule has 2 atom stereocenters. The molecule has 0 bridgehead atoms. The van der Waals surface area contributed by atoms with Gasteiger partial charge in [-0.3, -0.25) is 9.59 Å². The summed E-state index contributed by atoms with van der Waals surface area (Å²) in [5.74, 6) is -0.614. The minimum atomic E-state index is -1.60. The third-order valence-electron chi connectivity index (χ3n) is 5.59. The van der Waals surface area contributed by atoms with E-state index in [4.69, 9.17) is 14.3 Å². The van der Waals surface area contributed by atoms with Gasteiger partial charge in [-0.25, -0.2) is 0 Å². The summed E-state index contributed by atoms with van der Waals surface area (Å²) in [5, 5.41) is 8.95. The van der Waals surface area contributed by atoms with E-state index in [1.54, 1.807) is 55.6 Å². The molecule has 2 aromatic carbocycles. The fourth-order valence-corrected chi connectivity index (χ4v) is 4.83. The number of rotatable bonds is 5. The molecule has 2 aliphatic heterocycles. The van der Waals surface area contributed by atoms with Gasteiger partial charge in [0.15, 0.2) is 5.78 Å². The van der Waals surface area contributed by atoms with Crippen molar-refractivity contribution in [1.82, 2.24) is 0 Å². The van der Waals surface area contributed by atoms with Crippen LogP contribution in [0.2, 0.25) is 0 Å². The number of ether oxygens (including phenoxy) is 2. The molecule has 31 heavy (non-hydrogen) atoms. The molecule has 5 rings (SSSR count). The Morgan fingerprint density at radius 1 is 1.13 bits per heavy atom. The number of nitrogens with zero attached hydrogens (tertiary/aromatic N) is 1. The number of carbonyl (C=O) groups excluding carboxylic acids is 2. The van der Waals surface area contributed by atoms with E-state index in [1.165, 1.54) is 18.4 Å². The summed E-state index contributed by atoms with van der Waals surface area (Å²) < 4.78 is 10.9. The predicted octanol–water partition coefficient (Wildman–Crippen LogP) is 3.85. The van der Waals surface area contributed by atoms with E-state index in [-0.39, 0.29) is 5.78 Å². The van der Waals surface area contributed by atoms with Crippen LogP contribution in [0.15, 0.2) is 65.1 Å². The number of Topliss-reactive ketones (excluding diaryl/α,β-unsaturated/α-hetero) is 1. The molecular weight excluding hydrogens is 416 g/mol. The van der Waals surface area contributed by atoms with Gasteiger partial charge in [0.1, 0.15) is 23.1 Å². The number of oxime groups is 1. The van der Waals surface area contributed by atoms with Gasteiger partial charge in [-0.2, -0.15) is 0 Å². The number of anilines is 1. The van der Waals surface area contributed by atoms with Crippen LogP contribution in [0.5, 0.6) is 11.5 Å². The van der Waals surface area contributed by atoms with Gasteiger partial charge in [-0.05, 0) is 35.7 Å². The van der Waals surface area contributed by atoms with Crippen LogP contribution in [-0.2, 0) is 15.2 Å². The van der Waals surface area contributed by atoms with Gasteiger partial charge < -0.3 is 19.6 Å². The second-order valence-corrected chi connectivity index (χ2v) is 8.09. The molecule has 3 aromatic rings. The summed E-state index contributed by atoms with van der Waals surface area (Å²) in [6.45, 7) is 0. The van der Waals surface area contributed by atoms with Crippen molar-refractivity contribution < 1.29 is 23.9 Å². The lowest BCUT2D eigenvalue weighted by Crippen LogP contribution is -2.46. The van der Waals surface area contributed by atoms with Gasteiger partial charge in [-0.1, -0.05) is 29.4 Å². The smallest absolute Gasteiger partial charge is 0.277 e. The van der Waals surface area contributed by atoms with Crippen molar-refractivity contribution in [3.63, 3.8) is 0 Å². The predicted molar refractivity (Wildman–Crippen MR) is 116 cm³/mol. The minimum Gasteiger partial charge on any atom is -0.497 e. The largest absolute Gasteiger partial charge is 0.497 e. The maximum atomic E-state index is 13.8. The van der Waals surface area contributed by atoms with E-state index < -0.39 is 17.4 Å². The first-order valence-corrected chi connectivity index (χ1v) is 10.4. The van der Waals surface area contributed by atoms with Gasteiger partial charge in [0, 0.05) is 16.8 Å². The monoisotopic (exact) mass is 434 g/mol. The SMILES string of the molecule is COc1ccc(OC)c(C2=NOC3(C(=O)Nc4ccccc43)C2C(=O)c2cccs2)c1. The average Bonchev–Trinajstić information content (AvgIpc) is 3.53. The van der Waals surface area contributed by atoms with Crippen LogP contribution in [0.4, 0.5) is 5.69 Å². The molecule has 0 radical (unpaired) electrons. The van der Waals surface area contributed by atoms with Crippen molar-refractivity contribution in [2.75, 3.05) is 19.5 Å². The number of nitrogens with one attached hydrogen (secondary N) is 1. The highest BCUT2D eigenvalue weighted by atomic mass is 32.1. The van der Waals surface area contributed by atoms with Gasteiger partial charge in [0.2, 0.25) is 0 Å². The van der Waals surface area contributed by atoms with Crippen molar-refractivity contribution in [3.8, 4) is 11.5 Å². The molecule has 3 heterocycles. The summed E-state index contributed by atoms with van der Waals surface area (Å²) >= 11 is 1.31. The molecule has 2 unspecified atom stereocenters. The third-order valence-corrected chi connectivity index (χ3v) is 6.47. The quantitative estimate of drug-likeness (QED) is 0.617. The Kier molecular flexibility index (Phi) is 4.51. The lowest BCUT2D eigenvalue weighted by Gasteiger charge is -2.26. The first-order valence-electron chi connectivity index (χ1n) is 9.57. The van der Waals surface area contributed by atoms with Crippen LogP contribution >= 0.6 is 11.3 Å². The Bertz CT molecular complexity index is 1220. The summed E-state index contributed by atoms with van der Waals surface area (Å²) in [5.41, 5.74) is 0.439. The second-order valence-electron chi connectivity index (χ2n) is 7.14. The Morgan fingerprint density at radius 3 is 2.71 bits per heavy atom. The number of hydrogen-bond donors (Lipinski definition) is 1. The molecule has 0 aliphatic carbocycles. The molecule has 8 heteroatoms. The molecule has 1 aromatic heterocycles. The van der Waals surface area contributed by atoms with E-state index in [0.717, 1.165) is 0 Å². The molecule has 7 nitrogen and oxygen atoms in total. The molecule has 0 fully saturated rings. The van der Waals surface area contributed by atoms with Crippen molar-refractivity contribution in [2.24, 2.45) is 11.1 Å². The molecule has 1 N–H and O–H groups in total. The maximum absolute atomic E-state index is 13.8. The molecule has 0 saturated carbocycles. The zero-order valence-corrected chi connectivity index (χ0v) is 17.6. The zero-order valence-electron chi connectivity index (χ0n) is 16.7. The number of fused-ring (bicyclic) bond motifs is 2. The summed E-state index contributed by atoms with van der Waals surface area (Å²) in [4.78, 5) is 33.4. The molecule has 156 valence electrons. The third kappa shape index (κ3) is 2.75. The fraction of sp³-hybridized carbons (Fsp3) is 0.174. The highest BCUT2D eigenvalue weighted by Crippen LogP contribution is 2.50. The number of methoxy groups -OCH3 is 2. The Labute approximate surface area is 182 Å². The fourth-order valence-electron chi connectivity index (χ4n) is 4.14. The van der Waals surface area contributed by atoms with Crippen LogP contribution in [0.1, 0.15) is 20.8 Å². The molecule has 0 saturated heterocycles. The molecular formula is C23H18N2O5S. The minimum absolute atomic E-state index is 0.247. The highest BCUT2D eigenvalue weighted by Gasteiger charge is 2.63. The lowest BCUT2D eigenvalue weighted by atomic mass is 9.75. The first kappa shape index (κ1) is 19.3. The maximum Gasteiger partial charge on any atom is 0.277 e. The zero-order chi connectivity index (χ0) is 21.6. The van der Waals surface area contributed by atoms with E-state index in [0.29, 0.717) is 38.9 Å². The van der Waals surface area contributed by atoms with Crippen molar-refractivity contribution >= 4 is 34.4 Å². The van der Waals surface area contributed by atoms with Crippen LogP contribution in [0.25, 0.3) is 0 Å². The van der Waals surface area contributed by atoms with Crippen LogP contribution in [0, 0.1) is 5.92 Å². The highest BCUT2D eigenvalue weighted by molar-refractivity contribution is 7.12. The number of amides is 1. The van der Waals surface area contributed by atoms with E-state index >= 15 is 0 Å². The topological polar surface area (TPSA) is 86.2 Å². The van der Waals surface area contributed by atoms with Gasteiger partial charge in [-0.15, -0.1) is 11.3 Å². The average molecular weight is 434 g/mol. The second kappa shape index (κ2) is 7.24. The van der Waals surface area contributed by atoms with Gasteiger partial charge in [0.05, 0.1) is 19.1 Å². The molecule has 1 amide bonds. The van der Waals surface area contributed by atoms with Crippen LogP contribution in [-0.4, -0.2) is 31.6 Å². The Balaban J connectivity index is 1.73. The standard InChI is InChI=1S/C23H18N2O5S/c1-28-13-9-10-17(29-2)14(12-13)20-19(21(26)18-8-5-11-31-18)23(30-25-20)15-6-3-4-7-16(15)24-22(23)27/h3-12,19H,1-2H3,(H,24,27). The van der Waals surface area contributed by atoms with Crippen LogP contribution < -0.4 is 14.8 Å². The number of carbonyl (C=O) groups is 2. The number of para-hydroxylation sites is 1. The first-order chi connectivity index (χ1) is 15.1. The molecule has 2 aliphatic rings. The number of ketones is 1. The number of thiophene rings is 1. The van der Waals surface area contributed by atoms with Crippen molar-refractivity contribution in [3.05, 3.63) is 76.0 Å². The van der Waals surface area contributed by atoms with E-state index in [1.807, 2.05) is 11.4 Å². The Hall–Kier alpha value is -3.65. The summed E-state index contributed by atoms with van der Waals surface area (Å²) in [6, 6.07) is 15.9.